The van der Waals surface area contributed by atoms with E-state index in [2.05, 4.69) is 81.3 Å². The molecule has 2 fully saturated rings. The molecule has 7 rings (SSSR count). The quantitative estimate of drug-likeness (QED) is 0.0879. The van der Waals surface area contributed by atoms with Crippen molar-refractivity contribution in [2.45, 2.75) is 89.6 Å². The van der Waals surface area contributed by atoms with Crippen LogP contribution in [0.1, 0.15) is 83.0 Å². The van der Waals surface area contributed by atoms with Crippen molar-refractivity contribution in [3.63, 3.8) is 0 Å². The summed E-state index contributed by atoms with van der Waals surface area (Å²) in [5.41, 5.74) is 5.84. The molecule has 2 aliphatic heterocycles. The van der Waals surface area contributed by atoms with Crippen LogP contribution < -0.4 is 10.6 Å². The van der Waals surface area contributed by atoms with E-state index < -0.39 is 30.4 Å². The number of aromatic nitrogens is 4. The van der Waals surface area contributed by atoms with Crippen molar-refractivity contribution in [3.05, 3.63) is 84.7 Å². The maximum absolute atomic E-state index is 13.9. The van der Waals surface area contributed by atoms with Crippen molar-refractivity contribution >= 4 is 34.8 Å². The van der Waals surface area contributed by atoms with E-state index in [1.165, 1.54) is 21.3 Å². The average molecular weight is 833 g/mol. The second kappa shape index (κ2) is 19.0. The Morgan fingerprint density at radius 3 is 1.66 bits per heavy atom. The summed E-state index contributed by atoms with van der Waals surface area (Å²) in [5, 5.41) is 7.60. The molecule has 0 aliphatic carbocycles. The number of carbonyl (C=O) groups is 4. The number of methoxy groups -OCH3 is 3. The number of hydrogen-bond donors (Lipinski definition) is 4. The zero-order valence-electron chi connectivity index (χ0n) is 35.7. The highest BCUT2D eigenvalue weighted by Gasteiger charge is 2.40. The molecule has 4 heterocycles. The SMILES string of the molecule is CCC(CC)[C@H](NC(=O)OC)C(=O)N1CCC[C@H]1c1ncc(-c2ccc(-c3ccc4cc(-c5cnc([C@@H]6CCCN6C(=O)C(NC(=O)OC)[C@@H](C)OC)[nH]5)ccc4c3)cc2)[nH]1. The van der Waals surface area contributed by atoms with Crippen molar-refractivity contribution in [1.82, 2.24) is 40.4 Å². The summed E-state index contributed by atoms with van der Waals surface area (Å²) >= 11 is 0. The van der Waals surface area contributed by atoms with Gasteiger partial charge in [0.05, 0.1) is 56.2 Å². The molecule has 322 valence electrons. The molecule has 2 saturated heterocycles. The summed E-state index contributed by atoms with van der Waals surface area (Å²) in [5.74, 6) is 1.07. The van der Waals surface area contributed by atoms with Crippen LogP contribution >= 0.6 is 0 Å². The van der Waals surface area contributed by atoms with Crippen LogP contribution in [0, 0.1) is 5.92 Å². The van der Waals surface area contributed by atoms with E-state index in [1.807, 2.05) is 24.9 Å². The summed E-state index contributed by atoms with van der Waals surface area (Å²) < 4.78 is 15.0. The smallest absolute Gasteiger partial charge is 0.407 e. The van der Waals surface area contributed by atoms with Gasteiger partial charge in [-0.15, -0.1) is 0 Å². The second-order valence-corrected chi connectivity index (χ2v) is 15.8. The zero-order chi connectivity index (χ0) is 43.2. The summed E-state index contributed by atoms with van der Waals surface area (Å²) in [4.78, 5) is 71.8. The lowest BCUT2D eigenvalue weighted by Crippen LogP contribution is -2.54. The Morgan fingerprint density at radius 1 is 0.672 bits per heavy atom. The Morgan fingerprint density at radius 2 is 1.13 bits per heavy atom. The Bertz CT molecular complexity index is 2340. The lowest BCUT2D eigenvalue weighted by Gasteiger charge is -2.31. The summed E-state index contributed by atoms with van der Waals surface area (Å²) in [6.07, 6.45) is 6.48. The van der Waals surface area contributed by atoms with Crippen LogP contribution in [0.15, 0.2) is 73.1 Å². The van der Waals surface area contributed by atoms with Crippen molar-refractivity contribution in [2.24, 2.45) is 5.92 Å². The topological polar surface area (TPSA) is 184 Å². The van der Waals surface area contributed by atoms with E-state index in [0.29, 0.717) is 18.9 Å². The van der Waals surface area contributed by atoms with Crippen molar-refractivity contribution in [2.75, 3.05) is 34.4 Å². The fraction of sp³-hybridized carbons (Fsp3) is 0.435. The van der Waals surface area contributed by atoms with Gasteiger partial charge in [0.25, 0.3) is 0 Å². The fourth-order valence-electron chi connectivity index (χ4n) is 8.76. The van der Waals surface area contributed by atoms with Gasteiger partial charge in [0, 0.05) is 25.8 Å². The molecule has 2 aliphatic rings. The lowest BCUT2D eigenvalue weighted by molar-refractivity contribution is -0.137. The molecular formula is C46H56N8O7. The maximum atomic E-state index is 13.9. The summed E-state index contributed by atoms with van der Waals surface area (Å²) in [6.45, 7) is 6.94. The zero-order valence-corrected chi connectivity index (χ0v) is 35.7. The van der Waals surface area contributed by atoms with E-state index >= 15 is 0 Å². The number of alkyl carbamates (subject to hydrolysis) is 2. The molecule has 2 aromatic heterocycles. The van der Waals surface area contributed by atoms with Crippen LogP contribution in [0.3, 0.4) is 0 Å². The third-order valence-electron chi connectivity index (χ3n) is 12.4. The van der Waals surface area contributed by atoms with Crippen LogP contribution in [0.2, 0.25) is 0 Å². The minimum Gasteiger partial charge on any atom is -0.453 e. The highest BCUT2D eigenvalue weighted by atomic mass is 16.5. The summed E-state index contributed by atoms with van der Waals surface area (Å²) in [7, 11) is 4.07. The van der Waals surface area contributed by atoms with Gasteiger partial charge in [-0.25, -0.2) is 19.6 Å². The number of aromatic amines is 2. The van der Waals surface area contributed by atoms with Gasteiger partial charge in [0.2, 0.25) is 11.8 Å². The Balaban J connectivity index is 1.03. The number of rotatable bonds is 14. The number of amides is 4. The molecule has 3 aromatic carbocycles. The first-order chi connectivity index (χ1) is 29.6. The lowest BCUT2D eigenvalue weighted by atomic mass is 9.93. The number of ether oxygens (including phenoxy) is 3. The van der Waals surface area contributed by atoms with Gasteiger partial charge in [-0.2, -0.15) is 0 Å². The summed E-state index contributed by atoms with van der Waals surface area (Å²) in [6, 6.07) is 19.0. The highest BCUT2D eigenvalue weighted by Crippen LogP contribution is 2.36. The number of nitrogens with zero attached hydrogens (tertiary/aromatic N) is 4. The van der Waals surface area contributed by atoms with E-state index in [9.17, 15) is 19.2 Å². The first-order valence-corrected chi connectivity index (χ1v) is 21.1. The average Bonchev–Trinajstić information content (AvgIpc) is 4.14. The van der Waals surface area contributed by atoms with E-state index in [0.717, 1.165) is 88.8 Å². The minimum absolute atomic E-state index is 0.00506. The van der Waals surface area contributed by atoms with E-state index in [4.69, 9.17) is 24.2 Å². The third-order valence-corrected chi connectivity index (χ3v) is 12.4. The molecule has 5 aromatic rings. The Hall–Kier alpha value is -6.22. The number of nitrogens with one attached hydrogen (secondary N) is 4. The number of H-pyrrole nitrogens is 2. The molecule has 15 nitrogen and oxygen atoms in total. The molecule has 0 spiro atoms. The predicted octanol–water partition coefficient (Wildman–Crippen LogP) is 7.53. The fourth-order valence-corrected chi connectivity index (χ4v) is 8.76. The van der Waals surface area contributed by atoms with E-state index in [-0.39, 0.29) is 29.8 Å². The van der Waals surface area contributed by atoms with Gasteiger partial charge < -0.3 is 44.6 Å². The van der Waals surface area contributed by atoms with Gasteiger partial charge >= 0.3 is 12.2 Å². The number of benzene rings is 3. The van der Waals surface area contributed by atoms with Gasteiger partial charge in [0.1, 0.15) is 23.7 Å². The van der Waals surface area contributed by atoms with Gasteiger partial charge in [-0.3, -0.25) is 9.59 Å². The first kappa shape index (κ1) is 42.9. The van der Waals surface area contributed by atoms with Gasteiger partial charge in [-0.05, 0) is 78.1 Å². The molecule has 15 heteroatoms. The third kappa shape index (κ3) is 9.11. The van der Waals surface area contributed by atoms with Gasteiger partial charge in [0.15, 0.2) is 0 Å². The van der Waals surface area contributed by atoms with Crippen LogP contribution in [0.5, 0.6) is 0 Å². The predicted molar refractivity (Wildman–Crippen MR) is 231 cm³/mol. The van der Waals surface area contributed by atoms with Gasteiger partial charge in [-0.1, -0.05) is 75.2 Å². The van der Waals surface area contributed by atoms with Crippen molar-refractivity contribution < 1.29 is 33.4 Å². The molecule has 61 heavy (non-hydrogen) atoms. The number of likely N-dealkylation sites (tertiary alicyclic amines) is 2. The van der Waals surface area contributed by atoms with Crippen molar-refractivity contribution in [3.8, 4) is 33.6 Å². The van der Waals surface area contributed by atoms with Crippen LogP contribution in [-0.4, -0.2) is 106 Å². The van der Waals surface area contributed by atoms with Crippen LogP contribution in [0.4, 0.5) is 9.59 Å². The Kier molecular flexibility index (Phi) is 13.4. The standard InChI is InChI=1S/C46H56N8O7/c1-7-28(8-2)40(52-46(58)61-6)44(56)54-22-10-12-38(54)41-47-25-35(49-41)30-15-13-29(14-16-30)31-17-18-33-24-34(20-19-32(33)23-31)36-26-48-42(50-36)37-11-9-21-53(37)43(55)39(27(3)59-4)51-45(57)60-5/h13-20,23-28,37-40H,7-12,21-22H2,1-6H3,(H,47,49)(H,48,50)(H,51,57)(H,52,58)/t27-,37+,38+,39?,40+/m1/s1. The van der Waals surface area contributed by atoms with Crippen molar-refractivity contribution in [1.29, 1.82) is 0 Å². The number of hydrogen-bond acceptors (Lipinski definition) is 9. The second-order valence-electron chi connectivity index (χ2n) is 15.8. The molecule has 4 amide bonds. The van der Waals surface area contributed by atoms with E-state index in [1.54, 1.807) is 18.0 Å². The molecular weight excluding hydrogens is 777 g/mol. The van der Waals surface area contributed by atoms with Crippen LogP contribution in [-0.2, 0) is 23.8 Å². The molecule has 0 saturated carbocycles. The normalized spacial score (nSPS) is 18.0. The largest absolute Gasteiger partial charge is 0.453 e. The minimum atomic E-state index is -0.897. The Labute approximate surface area is 355 Å². The number of imidazole rings is 2. The monoisotopic (exact) mass is 832 g/mol. The number of fused-ring (bicyclic) bond motifs is 1. The van der Waals surface area contributed by atoms with Crippen LogP contribution in [0.25, 0.3) is 44.4 Å². The number of carbonyl (C=O) groups excluding carboxylic acids is 4. The molecule has 5 atom stereocenters. The molecule has 1 unspecified atom stereocenters. The first-order valence-electron chi connectivity index (χ1n) is 21.1. The molecule has 4 N–H and O–H groups in total. The molecule has 0 radical (unpaired) electrons. The maximum Gasteiger partial charge on any atom is 0.407 e. The highest BCUT2D eigenvalue weighted by molar-refractivity contribution is 5.91. The molecule has 0 bridgehead atoms.